The molecule has 4 fully saturated rings. The molecule has 0 saturated carbocycles. The van der Waals surface area contributed by atoms with Crippen LogP contribution in [0.2, 0.25) is 0 Å². The van der Waals surface area contributed by atoms with Gasteiger partial charge in [-0.1, -0.05) is 38.1 Å². The van der Waals surface area contributed by atoms with E-state index in [0.29, 0.717) is 83.7 Å². The summed E-state index contributed by atoms with van der Waals surface area (Å²) in [4.78, 5) is 46.4. The molecule has 4 aliphatic heterocycles. The molecule has 62 heavy (non-hydrogen) atoms. The van der Waals surface area contributed by atoms with Gasteiger partial charge in [-0.15, -0.1) is 5.10 Å². The molecule has 1 amide bonds. The summed E-state index contributed by atoms with van der Waals surface area (Å²) in [5.74, 6) is -3.19. The first-order chi connectivity index (χ1) is 29.5. The number of morpholine rings is 1. The molecule has 5 heterocycles. The predicted molar refractivity (Wildman–Crippen MR) is 231 cm³/mol. The summed E-state index contributed by atoms with van der Waals surface area (Å²) in [6, 6.07) is 6.45. The minimum atomic E-state index is -1.24. The van der Waals surface area contributed by atoms with Gasteiger partial charge in [-0.2, -0.15) is 0 Å². The van der Waals surface area contributed by atoms with Crippen molar-refractivity contribution >= 4 is 23.5 Å². The largest absolute Gasteiger partial charge is 0.458 e. The van der Waals surface area contributed by atoms with Crippen molar-refractivity contribution in [3.8, 4) is 11.3 Å². The van der Waals surface area contributed by atoms with E-state index in [2.05, 4.69) is 27.5 Å². The van der Waals surface area contributed by atoms with Crippen LogP contribution in [-0.2, 0) is 44.6 Å². The highest BCUT2D eigenvalue weighted by Gasteiger charge is 2.59. The molecule has 346 valence electrons. The number of carbonyl (C=O) groups excluding carboxylic acids is 3. The van der Waals surface area contributed by atoms with Gasteiger partial charge in [-0.05, 0) is 91.3 Å². The number of fused-ring (bicyclic) bond motifs is 1. The maximum Gasteiger partial charge on any atom is 0.410 e. The zero-order valence-electron chi connectivity index (χ0n) is 38.2. The number of hydrogen-bond donors (Lipinski definition) is 3. The van der Waals surface area contributed by atoms with Crippen LogP contribution in [0.1, 0.15) is 87.5 Å². The molecule has 17 nitrogen and oxygen atoms in total. The van der Waals surface area contributed by atoms with Crippen molar-refractivity contribution in [3.63, 3.8) is 0 Å². The number of nitrogen functional groups attached to an aromatic ring is 1. The van der Waals surface area contributed by atoms with Crippen LogP contribution in [0.15, 0.2) is 30.5 Å². The number of Topliss-reactive ketones (excluding diaryl/α,β-unsaturated/α-hetero) is 1. The molecule has 4 saturated heterocycles. The average Bonchev–Trinajstić information content (AvgIpc) is 3.83. The Labute approximate surface area is 366 Å². The van der Waals surface area contributed by atoms with Crippen LogP contribution in [0.5, 0.6) is 0 Å². The number of aliphatic hydroxyl groups is 1. The molecule has 0 bridgehead atoms. The van der Waals surface area contributed by atoms with Crippen molar-refractivity contribution in [1.29, 1.82) is 0 Å². The fourth-order valence-electron chi connectivity index (χ4n) is 10.2. The van der Waals surface area contributed by atoms with Gasteiger partial charge in [0.1, 0.15) is 23.8 Å². The molecule has 6 rings (SSSR count). The first kappa shape index (κ1) is 47.8. The number of hydrogen-bond acceptors (Lipinski definition) is 15. The number of unbranched alkanes of at least 4 members (excludes halogenated alkanes) is 1. The lowest BCUT2D eigenvalue weighted by Crippen LogP contribution is -2.61. The summed E-state index contributed by atoms with van der Waals surface area (Å²) in [6.07, 6.45) is 0.136. The Morgan fingerprint density at radius 2 is 1.77 bits per heavy atom. The number of aromatic nitrogens is 3. The number of methoxy groups -OCH3 is 1. The lowest BCUT2D eigenvalue weighted by atomic mass is 9.78. The van der Waals surface area contributed by atoms with Crippen molar-refractivity contribution in [1.82, 2.24) is 30.1 Å². The smallest absolute Gasteiger partial charge is 0.410 e. The number of amides is 1. The summed E-state index contributed by atoms with van der Waals surface area (Å²) in [5.41, 5.74) is 5.94. The van der Waals surface area contributed by atoms with Crippen LogP contribution < -0.4 is 11.1 Å². The molecule has 0 spiro atoms. The zero-order valence-corrected chi connectivity index (χ0v) is 38.2. The van der Waals surface area contributed by atoms with E-state index in [0.717, 1.165) is 11.3 Å². The highest BCUT2D eigenvalue weighted by Crippen LogP contribution is 2.40. The Morgan fingerprint density at radius 3 is 2.47 bits per heavy atom. The van der Waals surface area contributed by atoms with E-state index < -0.39 is 71.5 Å². The number of aliphatic hydroxyl groups excluding tert-OH is 1. The molecule has 17 heteroatoms. The number of rotatable bonds is 11. The number of cyclic esters (lactones) is 1. The number of carbonyl (C=O) groups is 3. The second kappa shape index (κ2) is 20.4. The van der Waals surface area contributed by atoms with Gasteiger partial charge < -0.3 is 44.6 Å². The molecule has 0 radical (unpaired) electrons. The highest BCUT2D eigenvalue weighted by atomic mass is 16.7. The lowest BCUT2D eigenvalue weighted by molar-refractivity contribution is -0.298. The normalized spacial score (nSPS) is 37.0. The second-order valence-electron chi connectivity index (χ2n) is 18.5. The first-order valence-corrected chi connectivity index (χ1v) is 22.6. The predicted octanol–water partition coefficient (Wildman–Crippen LogP) is 4.05. The number of benzene rings is 1. The van der Waals surface area contributed by atoms with E-state index in [1.165, 1.54) is 0 Å². The third-order valence-corrected chi connectivity index (χ3v) is 13.7. The Kier molecular flexibility index (Phi) is 15.7. The number of nitrogens with one attached hydrogen (secondary N) is 1. The minimum Gasteiger partial charge on any atom is -0.458 e. The van der Waals surface area contributed by atoms with E-state index >= 15 is 0 Å². The molecule has 4 N–H and O–H groups in total. The van der Waals surface area contributed by atoms with Crippen LogP contribution in [0.4, 0.5) is 10.5 Å². The van der Waals surface area contributed by atoms with Crippen LogP contribution >= 0.6 is 0 Å². The van der Waals surface area contributed by atoms with Crippen LogP contribution in [0, 0.1) is 17.8 Å². The van der Waals surface area contributed by atoms with Gasteiger partial charge in [0.2, 0.25) is 0 Å². The van der Waals surface area contributed by atoms with Gasteiger partial charge in [0.15, 0.2) is 17.7 Å². The summed E-state index contributed by atoms with van der Waals surface area (Å²) >= 11 is 0. The average molecular weight is 870 g/mol. The van der Waals surface area contributed by atoms with Gasteiger partial charge in [0.25, 0.3) is 0 Å². The number of anilines is 1. The SMILES string of the molecule is CC[C@H]1OC(=O)[C@H](C)C(=O)[C@H](C)[C@@H](O[C@@H]2OC(C)CC(N3CCOCC3)C2O)[C@](C)(OC)C[C@@H](C)CN[C@H](C)[C@H]2N(CCCCn3cc(-c4cccc(N)c4)nn3)C(=O)O[C@]12C. The Balaban J connectivity index is 1.21. The number of ketones is 1. The van der Waals surface area contributed by atoms with Crippen LogP contribution in [0.3, 0.4) is 0 Å². The van der Waals surface area contributed by atoms with Gasteiger partial charge in [0.05, 0.1) is 43.3 Å². The number of nitrogens with zero attached hydrogens (tertiary/aromatic N) is 5. The molecule has 1 aromatic heterocycles. The first-order valence-electron chi connectivity index (χ1n) is 22.6. The number of esters is 1. The Bertz CT molecular complexity index is 1830. The van der Waals surface area contributed by atoms with Gasteiger partial charge in [-0.3, -0.25) is 24.1 Å². The Hall–Kier alpha value is -3.71. The third kappa shape index (κ3) is 10.5. The molecular formula is C45H71N7O10. The summed E-state index contributed by atoms with van der Waals surface area (Å²) in [5, 5.41) is 24.1. The van der Waals surface area contributed by atoms with Crippen molar-refractivity contribution < 1.29 is 47.9 Å². The van der Waals surface area contributed by atoms with Gasteiger partial charge >= 0.3 is 12.1 Å². The summed E-state index contributed by atoms with van der Waals surface area (Å²) in [6.45, 7) is 19.0. The van der Waals surface area contributed by atoms with Crippen molar-refractivity contribution in [2.45, 2.75) is 154 Å². The summed E-state index contributed by atoms with van der Waals surface area (Å²) in [7, 11) is 1.59. The fraction of sp³-hybridized carbons (Fsp3) is 0.756. The summed E-state index contributed by atoms with van der Waals surface area (Å²) < 4.78 is 39.2. The third-order valence-electron chi connectivity index (χ3n) is 13.7. The molecule has 2 aromatic rings. The van der Waals surface area contributed by atoms with E-state index in [4.69, 9.17) is 34.2 Å². The number of aryl methyl sites for hydroxylation is 1. The monoisotopic (exact) mass is 870 g/mol. The quantitative estimate of drug-likeness (QED) is 0.126. The number of ether oxygens (including phenoxy) is 6. The fourth-order valence-corrected chi connectivity index (χ4v) is 10.2. The maximum absolute atomic E-state index is 14.5. The molecular weight excluding hydrogens is 799 g/mol. The zero-order chi connectivity index (χ0) is 44.9. The topological polar surface area (TPSA) is 202 Å². The number of nitrogens with two attached hydrogens (primary N) is 1. The molecule has 13 atom stereocenters. The van der Waals surface area contributed by atoms with E-state index in [1.807, 2.05) is 65.1 Å². The lowest BCUT2D eigenvalue weighted by Gasteiger charge is -2.48. The minimum absolute atomic E-state index is 0.0203. The van der Waals surface area contributed by atoms with Crippen molar-refractivity contribution in [2.75, 3.05) is 52.2 Å². The highest BCUT2D eigenvalue weighted by molar-refractivity contribution is 6.00. The van der Waals surface area contributed by atoms with Crippen LogP contribution in [-0.4, -0.2) is 154 Å². The second-order valence-corrected chi connectivity index (χ2v) is 18.5. The van der Waals surface area contributed by atoms with Crippen LogP contribution in [0.25, 0.3) is 11.3 Å². The van der Waals surface area contributed by atoms with Gasteiger partial charge in [0, 0.05) is 62.5 Å². The van der Waals surface area contributed by atoms with Crippen molar-refractivity contribution in [2.24, 2.45) is 17.8 Å². The van der Waals surface area contributed by atoms with Gasteiger partial charge in [-0.25, -0.2) is 4.79 Å². The van der Waals surface area contributed by atoms with E-state index in [1.54, 1.807) is 30.5 Å². The van der Waals surface area contributed by atoms with Crippen molar-refractivity contribution in [3.05, 3.63) is 30.5 Å². The molecule has 3 unspecified atom stereocenters. The molecule has 1 aromatic carbocycles. The maximum atomic E-state index is 14.5. The molecule has 0 aliphatic carbocycles. The van der Waals surface area contributed by atoms with E-state index in [9.17, 15) is 19.5 Å². The standard InChI is InChI=1S/C45H71N7O10/c1-10-36-45(8)39(52(43(56)62-45)17-12-11-16-51-26-34(48-49-51)32-14-13-15-33(46)23-32)31(6)47-25-27(2)24-44(7,57-9)40(29(4)37(53)30(5)41(55)60-36)61-42-38(54)35(22-28(3)59-42)50-18-20-58-21-19-50/h13-15,23,26-31,35-36,38-40,42,47,54H,10-12,16-22,24-25,46H2,1-9H3/t27-,28?,29+,30-,31-,35?,36-,38?,39-,40-,42+,44-,45-/m1/s1. The Morgan fingerprint density at radius 1 is 1.05 bits per heavy atom. The molecule has 4 aliphatic rings. The van der Waals surface area contributed by atoms with E-state index in [-0.39, 0.29) is 24.1 Å².